The summed E-state index contributed by atoms with van der Waals surface area (Å²) in [5, 5.41) is 17.8. The predicted molar refractivity (Wildman–Crippen MR) is 368 cm³/mol. The van der Waals surface area contributed by atoms with Crippen molar-refractivity contribution in [2.45, 2.75) is 72.9 Å². The number of benzene rings is 7. The molecule has 0 radical (unpaired) electrons. The molecule has 0 spiro atoms. The number of aromatic nitrogens is 7. The Hall–Kier alpha value is -11.1. The monoisotopic (exact) mass is 1370 g/mol. The van der Waals surface area contributed by atoms with Gasteiger partial charge in [0.15, 0.2) is 24.4 Å². The molecule has 4 heterocycles. The summed E-state index contributed by atoms with van der Waals surface area (Å²) in [6.07, 6.45) is 4.99. The van der Waals surface area contributed by atoms with Crippen molar-refractivity contribution in [3.05, 3.63) is 210 Å². The summed E-state index contributed by atoms with van der Waals surface area (Å²) in [6, 6.07) is 47.9. The second kappa shape index (κ2) is 35.9. The summed E-state index contributed by atoms with van der Waals surface area (Å²) >= 11 is 18.1. The van der Waals surface area contributed by atoms with Gasteiger partial charge in [0.25, 0.3) is 0 Å². The van der Waals surface area contributed by atoms with Gasteiger partial charge in [0, 0.05) is 50.3 Å². The molecule has 0 amide bonds. The van der Waals surface area contributed by atoms with Crippen LogP contribution in [0, 0.1) is 0 Å². The number of carboxylic acids is 1. The van der Waals surface area contributed by atoms with Gasteiger partial charge in [-0.2, -0.15) is 0 Å². The molecular weight excluding hydrogens is 1310 g/mol. The number of aliphatic carboxylic acids is 1. The van der Waals surface area contributed by atoms with E-state index in [-0.39, 0.29) is 11.9 Å². The number of rotatable bonds is 23. The number of hydrogen-bond donors (Lipinski definition) is 3. The third-order valence-electron chi connectivity index (χ3n) is 13.0. The fourth-order valence-corrected chi connectivity index (χ4v) is 8.88. The van der Waals surface area contributed by atoms with E-state index in [0.29, 0.717) is 98.3 Å². The molecule has 0 aliphatic heterocycles. The minimum Gasteiger partial charge on any atom is -0.479 e. The fourth-order valence-electron chi connectivity index (χ4n) is 8.32. The van der Waals surface area contributed by atoms with Gasteiger partial charge in [0.2, 0.25) is 11.8 Å². The molecule has 500 valence electrons. The zero-order valence-corrected chi connectivity index (χ0v) is 55.7. The minimum atomic E-state index is -1.01. The van der Waals surface area contributed by atoms with Gasteiger partial charge in [-0.3, -0.25) is 15.0 Å². The largest absolute Gasteiger partial charge is 0.479 e. The molecule has 97 heavy (non-hydrogen) atoms. The summed E-state index contributed by atoms with van der Waals surface area (Å²) in [4.78, 5) is 75.4. The van der Waals surface area contributed by atoms with E-state index >= 15 is 0 Å². The van der Waals surface area contributed by atoms with E-state index in [4.69, 9.17) is 82.5 Å². The van der Waals surface area contributed by atoms with Crippen LogP contribution in [-0.4, -0.2) is 108 Å². The van der Waals surface area contributed by atoms with Crippen molar-refractivity contribution < 1.29 is 66.9 Å². The molecule has 0 saturated heterocycles. The topological polar surface area (TPSA) is 286 Å². The SMILES string of the molecule is CCOC(=O)C(C)Oc1ccc(Nc2cnc3cc(Cl)ccc3n2)cc1.CCOC(=O)C(C)Oc1ccc(Nc2cnc3ccc(Cl)cc3n2)cc1.CCOC(=O)[C@@H](C)Oc1ccc(Oc2ccc3c(Cl)cccc3n2)cc1.C[C@@H](Oc1ccc(Oc2cnccn2)cc1)C(=O)O. The summed E-state index contributed by atoms with van der Waals surface area (Å²) < 4.78 is 47.8. The van der Waals surface area contributed by atoms with E-state index in [1.54, 1.807) is 163 Å². The van der Waals surface area contributed by atoms with Crippen LogP contribution in [0.15, 0.2) is 195 Å². The molecule has 0 aliphatic carbocycles. The number of fused-ring (bicyclic) bond motifs is 3. The Balaban J connectivity index is 0.000000166. The number of nitrogens with one attached hydrogen (secondary N) is 2. The van der Waals surface area contributed by atoms with Crippen LogP contribution >= 0.6 is 34.8 Å². The summed E-state index contributed by atoms with van der Waals surface area (Å²) in [7, 11) is 0. The molecule has 0 bridgehead atoms. The average molecular weight is 1380 g/mol. The number of carbonyl (C=O) groups excluding carboxylic acids is 3. The highest BCUT2D eigenvalue weighted by Crippen LogP contribution is 2.30. The summed E-state index contributed by atoms with van der Waals surface area (Å²) in [5.41, 5.74) is 5.38. The molecule has 26 heteroatoms. The molecule has 4 aromatic heterocycles. The van der Waals surface area contributed by atoms with Gasteiger partial charge in [-0.05, 0) is 200 Å². The Labute approximate surface area is 572 Å². The van der Waals surface area contributed by atoms with E-state index in [2.05, 4.69) is 45.5 Å². The number of pyridine rings is 1. The Morgan fingerprint density at radius 1 is 0.423 bits per heavy atom. The molecule has 0 saturated carbocycles. The number of hydrogen-bond acceptors (Lipinski definition) is 22. The lowest BCUT2D eigenvalue weighted by molar-refractivity contribution is -0.151. The number of carboxylic acid groups (broad SMARTS) is 1. The maximum absolute atomic E-state index is 11.6. The molecule has 11 aromatic rings. The van der Waals surface area contributed by atoms with E-state index in [9.17, 15) is 19.2 Å². The van der Waals surface area contributed by atoms with Gasteiger partial charge >= 0.3 is 23.9 Å². The smallest absolute Gasteiger partial charge is 0.347 e. The van der Waals surface area contributed by atoms with Crippen molar-refractivity contribution in [2.24, 2.45) is 0 Å². The third-order valence-corrected chi connectivity index (χ3v) is 13.8. The quantitative estimate of drug-likeness (QED) is 0.0396. The second-order valence-electron chi connectivity index (χ2n) is 20.4. The number of ether oxygens (including phenoxy) is 9. The van der Waals surface area contributed by atoms with E-state index in [0.717, 1.165) is 38.8 Å². The number of halogens is 3. The molecule has 0 fully saturated rings. The van der Waals surface area contributed by atoms with Crippen LogP contribution < -0.4 is 39.1 Å². The van der Waals surface area contributed by atoms with E-state index < -0.39 is 36.4 Å². The first kappa shape index (κ1) is 71.7. The summed E-state index contributed by atoms with van der Waals surface area (Å²) in [5.74, 6) is 3.23. The third kappa shape index (κ3) is 22.5. The Kier molecular flexibility index (Phi) is 26.6. The summed E-state index contributed by atoms with van der Waals surface area (Å²) in [6.45, 7) is 12.7. The predicted octanol–water partition coefficient (Wildman–Crippen LogP) is 15.8. The first-order valence-electron chi connectivity index (χ1n) is 30.2. The molecule has 23 nitrogen and oxygen atoms in total. The maximum Gasteiger partial charge on any atom is 0.347 e. The van der Waals surface area contributed by atoms with Crippen LogP contribution in [0.1, 0.15) is 48.5 Å². The van der Waals surface area contributed by atoms with Crippen LogP contribution in [0.3, 0.4) is 0 Å². The normalized spacial score (nSPS) is 11.8. The molecule has 7 aromatic carbocycles. The van der Waals surface area contributed by atoms with E-state index in [1.165, 1.54) is 19.3 Å². The van der Waals surface area contributed by atoms with Crippen molar-refractivity contribution >= 4 is 115 Å². The number of anilines is 4. The molecule has 0 aliphatic rings. The Morgan fingerprint density at radius 2 is 0.856 bits per heavy atom. The number of nitrogens with zero attached hydrogens (tertiary/aromatic N) is 7. The fraction of sp³-hybridized carbons (Fsp3) is 0.197. The second-order valence-corrected chi connectivity index (χ2v) is 21.6. The van der Waals surface area contributed by atoms with Crippen molar-refractivity contribution in [2.75, 3.05) is 30.5 Å². The zero-order valence-electron chi connectivity index (χ0n) is 53.4. The van der Waals surface area contributed by atoms with E-state index in [1.807, 2.05) is 60.7 Å². The first-order chi connectivity index (χ1) is 46.8. The van der Waals surface area contributed by atoms with Crippen molar-refractivity contribution in [1.82, 2.24) is 34.9 Å². The molecule has 2 unspecified atom stereocenters. The lowest BCUT2D eigenvalue weighted by atomic mass is 10.2. The minimum absolute atomic E-state index is 0.323. The van der Waals surface area contributed by atoms with Crippen molar-refractivity contribution in [1.29, 1.82) is 0 Å². The van der Waals surface area contributed by atoms with Crippen molar-refractivity contribution in [3.8, 4) is 46.3 Å². The molecule has 11 rings (SSSR count). The molecular formula is C71H66Cl3N9O14. The van der Waals surface area contributed by atoms with Crippen molar-refractivity contribution in [3.63, 3.8) is 0 Å². The van der Waals surface area contributed by atoms with Crippen LogP contribution in [0.4, 0.5) is 23.0 Å². The maximum atomic E-state index is 11.6. The van der Waals surface area contributed by atoms with Gasteiger partial charge in [-0.25, -0.2) is 39.1 Å². The van der Waals surface area contributed by atoms with Gasteiger partial charge < -0.3 is 58.4 Å². The zero-order chi connectivity index (χ0) is 69.2. The molecule has 3 N–H and O–H groups in total. The standard InChI is InChI=1S/C20H18ClNO4.2C19H18ClN3O3.C13H12N2O4/c1-3-24-20(23)13(2)25-14-7-9-15(10-8-14)26-19-12-11-16-17(21)5-4-6-18(16)22-19;1-3-25-19(24)12(2)26-15-7-5-14(6-8-15)22-18-11-21-17-10-13(20)4-9-16(17)23-18;1-3-25-19(24)12(2)26-15-7-5-14(6-8-15)22-18-11-21-16-9-4-13(20)10-17(16)23-18;1-9(13(16)17)18-10-2-4-11(5-3-10)19-12-8-14-6-7-15-12/h4-13H,3H2,1-2H3;2*4-12H,3H2,1-2H3,(H,22,23);2-9H,1H3,(H,16,17)/t13-;;;9-/m1..1/s1. The first-order valence-corrected chi connectivity index (χ1v) is 31.3. The highest BCUT2D eigenvalue weighted by molar-refractivity contribution is 6.35. The van der Waals surface area contributed by atoms with Crippen LogP contribution in [0.25, 0.3) is 33.0 Å². The average Bonchev–Trinajstić information content (AvgIpc) is 0.855. The van der Waals surface area contributed by atoms with Crippen LogP contribution in [-0.2, 0) is 33.4 Å². The number of esters is 3. The number of carbonyl (C=O) groups is 4. The van der Waals surface area contributed by atoms with Gasteiger partial charge in [0.1, 0.15) is 46.1 Å². The van der Waals surface area contributed by atoms with Gasteiger partial charge in [-0.1, -0.05) is 40.9 Å². The van der Waals surface area contributed by atoms with Crippen LogP contribution in [0.2, 0.25) is 15.1 Å². The lowest BCUT2D eigenvalue weighted by Gasteiger charge is -2.14. The Morgan fingerprint density at radius 3 is 1.33 bits per heavy atom. The van der Waals surface area contributed by atoms with Gasteiger partial charge in [-0.15, -0.1) is 0 Å². The lowest BCUT2D eigenvalue weighted by Crippen LogP contribution is -2.26. The Bertz CT molecular complexity index is 4320. The van der Waals surface area contributed by atoms with Crippen LogP contribution in [0.5, 0.6) is 46.3 Å². The highest BCUT2D eigenvalue weighted by Gasteiger charge is 2.19. The van der Waals surface area contributed by atoms with Gasteiger partial charge in [0.05, 0.1) is 66.0 Å². The molecule has 4 atom stereocenters. The highest BCUT2D eigenvalue weighted by atomic mass is 35.5.